The lowest BCUT2D eigenvalue weighted by atomic mass is 10.1. The van der Waals surface area contributed by atoms with Crippen molar-refractivity contribution in [1.82, 2.24) is 14.8 Å². The van der Waals surface area contributed by atoms with E-state index in [1.165, 1.54) is 12.0 Å². The maximum absolute atomic E-state index is 6.02. The van der Waals surface area contributed by atoms with E-state index in [9.17, 15) is 0 Å². The molecule has 2 aromatic heterocycles. The lowest BCUT2D eigenvalue weighted by Crippen LogP contribution is -2.24. The van der Waals surface area contributed by atoms with Crippen LogP contribution in [0.2, 0.25) is 0 Å². The summed E-state index contributed by atoms with van der Waals surface area (Å²) >= 11 is 0. The number of anilines is 2. The van der Waals surface area contributed by atoms with Crippen LogP contribution in [-0.2, 0) is 7.05 Å². The van der Waals surface area contributed by atoms with Crippen LogP contribution in [0.15, 0.2) is 30.7 Å². The molecule has 18 heavy (non-hydrogen) atoms. The van der Waals surface area contributed by atoms with Gasteiger partial charge >= 0.3 is 0 Å². The maximum Gasteiger partial charge on any atom is 0.174 e. The van der Waals surface area contributed by atoms with Crippen molar-refractivity contribution in [3.63, 3.8) is 0 Å². The van der Waals surface area contributed by atoms with Gasteiger partial charge in [-0.3, -0.25) is 9.67 Å². The van der Waals surface area contributed by atoms with E-state index >= 15 is 0 Å². The van der Waals surface area contributed by atoms with Crippen LogP contribution in [0.4, 0.5) is 11.5 Å². The molecule has 1 atom stereocenters. The van der Waals surface area contributed by atoms with Gasteiger partial charge in [0.05, 0.1) is 11.7 Å². The summed E-state index contributed by atoms with van der Waals surface area (Å²) in [6.07, 6.45) is 7.85. The third-order valence-electron chi connectivity index (χ3n) is 3.45. The first-order valence-corrected chi connectivity index (χ1v) is 6.21. The molecule has 1 aliphatic rings. The van der Waals surface area contributed by atoms with Gasteiger partial charge in [0.25, 0.3) is 0 Å². The number of nitrogens with two attached hydrogens (primary N) is 1. The number of hydrogen-bond donors (Lipinski definition) is 1. The van der Waals surface area contributed by atoms with Crippen LogP contribution in [0.5, 0.6) is 0 Å². The van der Waals surface area contributed by atoms with Crippen molar-refractivity contribution >= 4 is 11.5 Å². The average molecular weight is 243 g/mol. The lowest BCUT2D eigenvalue weighted by Gasteiger charge is -2.25. The molecule has 94 valence electrons. The Morgan fingerprint density at radius 1 is 1.33 bits per heavy atom. The fraction of sp³-hybridized carbons (Fsp3) is 0.385. The summed E-state index contributed by atoms with van der Waals surface area (Å²) in [6.45, 7) is 1.01. The van der Waals surface area contributed by atoms with Gasteiger partial charge in [-0.2, -0.15) is 5.10 Å². The predicted octanol–water partition coefficient (Wildman–Crippen LogP) is 1.74. The fourth-order valence-corrected chi connectivity index (χ4v) is 2.67. The number of hydrogen-bond acceptors (Lipinski definition) is 4. The molecule has 1 unspecified atom stereocenters. The van der Waals surface area contributed by atoms with Crippen molar-refractivity contribution in [3.8, 4) is 0 Å². The zero-order valence-electron chi connectivity index (χ0n) is 10.5. The zero-order chi connectivity index (χ0) is 12.5. The summed E-state index contributed by atoms with van der Waals surface area (Å²) in [5, 5.41) is 4.47. The minimum absolute atomic E-state index is 0.366. The first-order chi connectivity index (χ1) is 8.75. The topological polar surface area (TPSA) is 60.0 Å². The monoisotopic (exact) mass is 243 g/mol. The van der Waals surface area contributed by atoms with E-state index in [1.54, 1.807) is 4.68 Å². The van der Waals surface area contributed by atoms with Gasteiger partial charge in [0.1, 0.15) is 0 Å². The predicted molar refractivity (Wildman–Crippen MR) is 71.2 cm³/mol. The molecule has 1 saturated heterocycles. The minimum Gasteiger partial charge on any atom is -0.394 e. The summed E-state index contributed by atoms with van der Waals surface area (Å²) in [5.74, 6) is 0.900. The summed E-state index contributed by atoms with van der Waals surface area (Å²) in [4.78, 5) is 6.37. The summed E-state index contributed by atoms with van der Waals surface area (Å²) < 4.78 is 1.77. The Morgan fingerprint density at radius 2 is 2.11 bits per heavy atom. The van der Waals surface area contributed by atoms with E-state index in [1.807, 2.05) is 25.6 Å². The van der Waals surface area contributed by atoms with Crippen molar-refractivity contribution in [3.05, 3.63) is 36.3 Å². The molecule has 0 spiro atoms. The van der Waals surface area contributed by atoms with E-state index in [0.717, 1.165) is 24.5 Å². The third-order valence-corrected chi connectivity index (χ3v) is 3.45. The van der Waals surface area contributed by atoms with Gasteiger partial charge in [0.2, 0.25) is 0 Å². The molecular weight excluding hydrogens is 226 g/mol. The van der Waals surface area contributed by atoms with Crippen LogP contribution < -0.4 is 10.6 Å². The van der Waals surface area contributed by atoms with Gasteiger partial charge in [-0.15, -0.1) is 0 Å². The van der Waals surface area contributed by atoms with Gasteiger partial charge in [-0.1, -0.05) is 0 Å². The van der Waals surface area contributed by atoms with Crippen LogP contribution in [-0.4, -0.2) is 21.3 Å². The number of rotatable bonds is 2. The van der Waals surface area contributed by atoms with Crippen molar-refractivity contribution in [2.45, 2.75) is 18.9 Å². The highest BCUT2D eigenvalue weighted by Crippen LogP contribution is 2.37. The Balaban J connectivity index is 1.95. The molecule has 5 heteroatoms. The van der Waals surface area contributed by atoms with E-state index in [0.29, 0.717) is 6.04 Å². The Labute approximate surface area is 106 Å². The summed E-state index contributed by atoms with van der Waals surface area (Å²) in [7, 11) is 1.90. The third kappa shape index (κ3) is 1.81. The van der Waals surface area contributed by atoms with E-state index in [4.69, 9.17) is 5.73 Å². The van der Waals surface area contributed by atoms with Crippen molar-refractivity contribution in [1.29, 1.82) is 0 Å². The smallest absolute Gasteiger partial charge is 0.174 e. The molecular formula is C13H17N5. The van der Waals surface area contributed by atoms with E-state index < -0.39 is 0 Å². The molecule has 2 N–H and O–H groups in total. The molecule has 1 aliphatic heterocycles. The second-order valence-electron chi connectivity index (χ2n) is 4.71. The Kier molecular flexibility index (Phi) is 2.66. The molecule has 5 nitrogen and oxygen atoms in total. The molecule has 3 heterocycles. The van der Waals surface area contributed by atoms with Gasteiger partial charge in [0, 0.05) is 32.2 Å². The van der Waals surface area contributed by atoms with Crippen LogP contribution in [0.25, 0.3) is 0 Å². The molecule has 0 bridgehead atoms. The van der Waals surface area contributed by atoms with Crippen LogP contribution >= 0.6 is 0 Å². The number of aromatic nitrogens is 3. The molecule has 0 aromatic carbocycles. The normalized spacial score (nSPS) is 19.4. The standard InChI is InChI=1S/C13H17N5/c1-17-9-11(14)13(16-17)18-8-2-3-12(18)10-4-6-15-7-5-10/h4-7,9,12H,2-3,8,14H2,1H3. The molecule has 3 rings (SSSR count). The Morgan fingerprint density at radius 3 is 2.78 bits per heavy atom. The van der Waals surface area contributed by atoms with Crippen molar-refractivity contribution in [2.75, 3.05) is 17.2 Å². The number of aryl methyl sites for hydroxylation is 1. The van der Waals surface area contributed by atoms with Crippen LogP contribution in [0.3, 0.4) is 0 Å². The highest BCUT2D eigenvalue weighted by atomic mass is 15.4. The number of nitrogen functional groups attached to an aromatic ring is 1. The van der Waals surface area contributed by atoms with Gasteiger partial charge in [-0.05, 0) is 30.5 Å². The van der Waals surface area contributed by atoms with Gasteiger partial charge in [-0.25, -0.2) is 0 Å². The molecule has 0 radical (unpaired) electrons. The number of pyridine rings is 1. The van der Waals surface area contributed by atoms with Crippen molar-refractivity contribution in [2.24, 2.45) is 7.05 Å². The molecule has 0 saturated carbocycles. The molecule has 0 aliphatic carbocycles. The Hall–Kier alpha value is -2.04. The molecule has 1 fully saturated rings. The van der Waals surface area contributed by atoms with Crippen molar-refractivity contribution < 1.29 is 0 Å². The largest absolute Gasteiger partial charge is 0.394 e. The average Bonchev–Trinajstić information content (AvgIpc) is 2.96. The minimum atomic E-state index is 0.366. The molecule has 0 amide bonds. The van der Waals surface area contributed by atoms with Crippen LogP contribution in [0, 0.1) is 0 Å². The lowest BCUT2D eigenvalue weighted by molar-refractivity contribution is 0.691. The van der Waals surface area contributed by atoms with Crippen LogP contribution in [0.1, 0.15) is 24.4 Å². The van der Waals surface area contributed by atoms with Gasteiger partial charge < -0.3 is 10.6 Å². The van der Waals surface area contributed by atoms with E-state index in [-0.39, 0.29) is 0 Å². The second-order valence-corrected chi connectivity index (χ2v) is 4.71. The fourth-order valence-electron chi connectivity index (χ4n) is 2.67. The molecule has 2 aromatic rings. The summed E-state index contributed by atoms with van der Waals surface area (Å²) in [6, 6.07) is 4.51. The van der Waals surface area contributed by atoms with E-state index in [2.05, 4.69) is 27.1 Å². The van der Waals surface area contributed by atoms with Gasteiger partial charge in [0.15, 0.2) is 5.82 Å². The quantitative estimate of drug-likeness (QED) is 0.872. The summed E-state index contributed by atoms with van der Waals surface area (Å²) in [5.41, 5.74) is 8.06. The number of nitrogens with zero attached hydrogens (tertiary/aromatic N) is 4. The first-order valence-electron chi connectivity index (χ1n) is 6.21. The first kappa shape index (κ1) is 11.1. The zero-order valence-corrected chi connectivity index (χ0v) is 10.5. The highest BCUT2D eigenvalue weighted by molar-refractivity contribution is 5.63. The highest BCUT2D eigenvalue weighted by Gasteiger charge is 2.29. The Bertz CT molecular complexity index is 534. The maximum atomic E-state index is 6.02. The SMILES string of the molecule is Cn1cc(N)c(N2CCCC2c2ccncc2)n1. The second kappa shape index (κ2) is 4.33.